The van der Waals surface area contributed by atoms with Gasteiger partial charge in [0.25, 0.3) is 0 Å². The van der Waals surface area contributed by atoms with Crippen LogP contribution in [0.5, 0.6) is 0 Å². The molecule has 0 aliphatic carbocycles. The summed E-state index contributed by atoms with van der Waals surface area (Å²) in [6.45, 7) is 9.73. The first-order valence-corrected chi connectivity index (χ1v) is 9.33. The highest BCUT2D eigenvalue weighted by Gasteiger charge is 2.26. The molecule has 2 aliphatic rings. The third-order valence-corrected chi connectivity index (χ3v) is 5.32. The van der Waals surface area contributed by atoms with Crippen LogP contribution in [0.3, 0.4) is 0 Å². The zero-order valence-corrected chi connectivity index (χ0v) is 15.3. The average Bonchev–Trinajstić information content (AvgIpc) is 3.09. The molecule has 1 amide bonds. The molecule has 1 aromatic carbocycles. The second-order valence-corrected chi connectivity index (χ2v) is 8.22. The summed E-state index contributed by atoms with van der Waals surface area (Å²) >= 11 is 0. The molecule has 2 N–H and O–H groups in total. The third kappa shape index (κ3) is 4.10. The summed E-state index contributed by atoms with van der Waals surface area (Å²) in [5.41, 5.74) is 2.87. The maximum Gasteiger partial charge on any atom is 0.237 e. The molecule has 2 saturated heterocycles. The van der Waals surface area contributed by atoms with Crippen LogP contribution in [0.1, 0.15) is 52.0 Å². The normalized spacial score (nSPS) is 22.6. The Morgan fingerprint density at radius 1 is 1.12 bits per heavy atom. The Kier molecular flexibility index (Phi) is 5.14. The third-order valence-electron chi connectivity index (χ3n) is 5.32. The van der Waals surface area contributed by atoms with Crippen molar-refractivity contribution in [1.82, 2.24) is 10.6 Å². The highest BCUT2D eigenvalue weighted by Crippen LogP contribution is 2.26. The lowest BCUT2D eigenvalue weighted by molar-refractivity contribution is -0.123. The van der Waals surface area contributed by atoms with Crippen molar-refractivity contribution in [2.75, 3.05) is 24.5 Å². The first-order chi connectivity index (χ1) is 11.4. The molecule has 0 radical (unpaired) electrons. The van der Waals surface area contributed by atoms with Gasteiger partial charge in [0.05, 0.1) is 6.04 Å². The molecule has 1 atom stereocenters. The monoisotopic (exact) mass is 329 g/mol. The molecule has 0 bridgehead atoms. The second kappa shape index (κ2) is 7.14. The zero-order valence-electron chi connectivity index (χ0n) is 15.3. The number of hydrogen-bond donors (Lipinski definition) is 2. The number of benzene rings is 1. The number of piperidine rings is 1. The first kappa shape index (κ1) is 17.3. The Bertz CT molecular complexity index is 547. The quantitative estimate of drug-likeness (QED) is 0.896. The van der Waals surface area contributed by atoms with Crippen molar-refractivity contribution < 1.29 is 4.79 Å². The summed E-state index contributed by atoms with van der Waals surface area (Å²) in [6.07, 6.45) is 4.14. The molecule has 0 saturated carbocycles. The van der Waals surface area contributed by atoms with Gasteiger partial charge in [-0.25, -0.2) is 0 Å². The van der Waals surface area contributed by atoms with E-state index in [2.05, 4.69) is 60.6 Å². The Hall–Kier alpha value is -1.55. The van der Waals surface area contributed by atoms with Gasteiger partial charge >= 0.3 is 0 Å². The van der Waals surface area contributed by atoms with Crippen LogP contribution in [0.2, 0.25) is 0 Å². The van der Waals surface area contributed by atoms with Gasteiger partial charge < -0.3 is 15.5 Å². The van der Waals surface area contributed by atoms with Crippen LogP contribution in [0.25, 0.3) is 0 Å². The molecule has 0 spiro atoms. The van der Waals surface area contributed by atoms with E-state index >= 15 is 0 Å². The highest BCUT2D eigenvalue weighted by atomic mass is 16.2. The molecule has 1 aromatic rings. The molecule has 2 fully saturated rings. The molecule has 4 heteroatoms. The van der Waals surface area contributed by atoms with Gasteiger partial charge in [0.2, 0.25) is 5.91 Å². The van der Waals surface area contributed by atoms with Crippen molar-refractivity contribution in [2.45, 2.75) is 64.0 Å². The zero-order chi connectivity index (χ0) is 17.2. The lowest BCUT2D eigenvalue weighted by Gasteiger charge is -2.34. The smallest absolute Gasteiger partial charge is 0.237 e. The largest absolute Gasteiger partial charge is 0.371 e. The second-order valence-electron chi connectivity index (χ2n) is 8.22. The predicted octanol–water partition coefficient (Wildman–Crippen LogP) is 2.82. The molecule has 4 nitrogen and oxygen atoms in total. The lowest BCUT2D eigenvalue weighted by Crippen LogP contribution is -2.49. The Morgan fingerprint density at radius 3 is 2.33 bits per heavy atom. The SMILES string of the molecule is CC(C)(C)c1ccc(N2CCC(NC(=O)C3CCCN3)CC2)cc1. The van der Waals surface area contributed by atoms with Crippen LogP contribution in [-0.4, -0.2) is 37.6 Å². The van der Waals surface area contributed by atoms with Gasteiger partial charge in [-0.05, 0) is 55.3 Å². The maximum atomic E-state index is 12.2. The summed E-state index contributed by atoms with van der Waals surface area (Å²) in [6, 6.07) is 9.33. The summed E-state index contributed by atoms with van der Waals surface area (Å²) in [4.78, 5) is 14.6. The number of anilines is 1. The minimum atomic E-state index is 0.0352. The van der Waals surface area contributed by atoms with Crippen molar-refractivity contribution in [1.29, 1.82) is 0 Å². The standard InChI is InChI=1S/C20H31N3O/c1-20(2,3)15-6-8-17(9-7-15)23-13-10-16(11-14-23)22-19(24)18-5-4-12-21-18/h6-9,16,18,21H,4-5,10-14H2,1-3H3,(H,22,24). The van der Waals surface area contributed by atoms with Crippen molar-refractivity contribution in [3.05, 3.63) is 29.8 Å². The van der Waals surface area contributed by atoms with Crippen molar-refractivity contribution in [3.63, 3.8) is 0 Å². The van der Waals surface area contributed by atoms with Gasteiger partial charge in [-0.3, -0.25) is 4.79 Å². The van der Waals surface area contributed by atoms with E-state index in [1.54, 1.807) is 0 Å². The number of nitrogens with zero attached hydrogens (tertiary/aromatic N) is 1. The molecule has 2 heterocycles. The minimum Gasteiger partial charge on any atom is -0.371 e. The summed E-state index contributed by atoms with van der Waals surface area (Å²) < 4.78 is 0. The van der Waals surface area contributed by atoms with Crippen LogP contribution in [0.4, 0.5) is 5.69 Å². The molecule has 1 unspecified atom stereocenters. The van der Waals surface area contributed by atoms with Gasteiger partial charge in [0.1, 0.15) is 0 Å². The maximum absolute atomic E-state index is 12.2. The van der Waals surface area contributed by atoms with Crippen LogP contribution < -0.4 is 15.5 Å². The van der Waals surface area contributed by atoms with Crippen LogP contribution in [-0.2, 0) is 10.2 Å². The lowest BCUT2D eigenvalue weighted by atomic mass is 9.87. The number of amides is 1. The van der Waals surface area contributed by atoms with Gasteiger partial charge in [0.15, 0.2) is 0 Å². The molecule has 24 heavy (non-hydrogen) atoms. The molecule has 0 aromatic heterocycles. The van der Waals surface area contributed by atoms with Crippen LogP contribution in [0.15, 0.2) is 24.3 Å². The Morgan fingerprint density at radius 2 is 1.79 bits per heavy atom. The Balaban J connectivity index is 1.50. The molecule has 2 aliphatic heterocycles. The van der Waals surface area contributed by atoms with E-state index in [1.807, 2.05) is 0 Å². The van der Waals surface area contributed by atoms with Crippen LogP contribution in [0, 0.1) is 0 Å². The Labute approximate surface area is 146 Å². The predicted molar refractivity (Wildman–Crippen MR) is 99.5 cm³/mol. The molecule has 3 rings (SSSR count). The van der Waals surface area contributed by atoms with Crippen molar-refractivity contribution in [2.24, 2.45) is 0 Å². The molecular weight excluding hydrogens is 298 g/mol. The van der Waals surface area contributed by atoms with E-state index in [0.717, 1.165) is 45.3 Å². The van der Waals surface area contributed by atoms with E-state index in [-0.39, 0.29) is 17.4 Å². The van der Waals surface area contributed by atoms with Gasteiger partial charge in [-0.15, -0.1) is 0 Å². The number of carbonyl (C=O) groups is 1. The van der Waals surface area contributed by atoms with Gasteiger partial charge in [0, 0.05) is 24.8 Å². The highest BCUT2D eigenvalue weighted by molar-refractivity contribution is 5.82. The van der Waals surface area contributed by atoms with Crippen LogP contribution >= 0.6 is 0 Å². The van der Waals surface area contributed by atoms with E-state index in [0.29, 0.717) is 6.04 Å². The topological polar surface area (TPSA) is 44.4 Å². The number of nitrogens with one attached hydrogen (secondary N) is 2. The minimum absolute atomic E-state index is 0.0352. The number of rotatable bonds is 3. The van der Waals surface area contributed by atoms with Gasteiger partial charge in [-0.1, -0.05) is 32.9 Å². The van der Waals surface area contributed by atoms with E-state index < -0.39 is 0 Å². The molecule has 132 valence electrons. The van der Waals surface area contributed by atoms with E-state index in [4.69, 9.17) is 0 Å². The van der Waals surface area contributed by atoms with Crippen molar-refractivity contribution >= 4 is 11.6 Å². The van der Waals surface area contributed by atoms with Crippen molar-refractivity contribution in [3.8, 4) is 0 Å². The van der Waals surface area contributed by atoms with E-state index in [9.17, 15) is 4.79 Å². The fourth-order valence-corrected chi connectivity index (χ4v) is 3.66. The number of carbonyl (C=O) groups excluding carboxylic acids is 1. The fourth-order valence-electron chi connectivity index (χ4n) is 3.66. The average molecular weight is 329 g/mol. The van der Waals surface area contributed by atoms with E-state index in [1.165, 1.54) is 11.3 Å². The number of hydrogen-bond acceptors (Lipinski definition) is 3. The summed E-state index contributed by atoms with van der Waals surface area (Å²) in [5, 5.41) is 6.51. The molecular formula is C20H31N3O. The first-order valence-electron chi connectivity index (χ1n) is 9.33. The summed E-state index contributed by atoms with van der Waals surface area (Å²) in [7, 11) is 0. The summed E-state index contributed by atoms with van der Waals surface area (Å²) in [5.74, 6) is 0.195. The van der Waals surface area contributed by atoms with Gasteiger partial charge in [-0.2, -0.15) is 0 Å². The fraction of sp³-hybridized carbons (Fsp3) is 0.650.